The Bertz CT molecular complexity index is 741. The molecule has 0 aliphatic carbocycles. The van der Waals surface area contributed by atoms with Gasteiger partial charge in [-0.1, -0.05) is 23.2 Å². The number of thiophene rings is 1. The molecule has 2 rings (SSSR count). The number of aliphatic hydroxyl groups excluding tert-OH is 1. The summed E-state index contributed by atoms with van der Waals surface area (Å²) in [6.45, 7) is 1.44. The zero-order chi connectivity index (χ0) is 14.9. The van der Waals surface area contributed by atoms with Crippen LogP contribution in [0.25, 0.3) is 0 Å². The zero-order valence-corrected chi connectivity index (χ0v) is 13.5. The Morgan fingerprint density at radius 2 is 2.00 bits per heavy atom. The van der Waals surface area contributed by atoms with E-state index >= 15 is 0 Å². The fraction of sp³-hybridized carbons (Fsp3) is 0.167. The van der Waals surface area contributed by atoms with Crippen molar-refractivity contribution < 1.29 is 13.5 Å². The van der Waals surface area contributed by atoms with E-state index in [2.05, 4.69) is 4.72 Å². The fourth-order valence-electron chi connectivity index (χ4n) is 1.61. The molecule has 8 heteroatoms. The summed E-state index contributed by atoms with van der Waals surface area (Å²) in [5.41, 5.74) is 0.962. The number of benzene rings is 1. The molecule has 2 aromatic rings. The first-order valence-corrected chi connectivity index (χ1v) is 8.62. The van der Waals surface area contributed by atoms with Crippen LogP contribution in [0, 0.1) is 6.92 Å². The maximum absolute atomic E-state index is 12.3. The highest BCUT2D eigenvalue weighted by molar-refractivity contribution is 7.93. The van der Waals surface area contributed by atoms with Crippen molar-refractivity contribution in [1.29, 1.82) is 0 Å². The predicted molar refractivity (Wildman–Crippen MR) is 82.2 cm³/mol. The number of anilines is 1. The van der Waals surface area contributed by atoms with Crippen molar-refractivity contribution in [1.82, 2.24) is 0 Å². The number of hydrogen-bond acceptors (Lipinski definition) is 4. The third kappa shape index (κ3) is 3.10. The van der Waals surface area contributed by atoms with E-state index in [0.717, 1.165) is 5.56 Å². The van der Waals surface area contributed by atoms with E-state index < -0.39 is 10.0 Å². The normalized spacial score (nSPS) is 11.6. The molecule has 0 bridgehead atoms. The number of rotatable bonds is 4. The summed E-state index contributed by atoms with van der Waals surface area (Å²) in [6.07, 6.45) is 0. The van der Waals surface area contributed by atoms with Crippen LogP contribution in [0.2, 0.25) is 10.0 Å². The molecule has 0 unspecified atom stereocenters. The van der Waals surface area contributed by atoms with Crippen LogP contribution >= 0.6 is 34.5 Å². The first-order valence-electron chi connectivity index (χ1n) is 5.51. The lowest BCUT2D eigenvalue weighted by Gasteiger charge is -2.11. The van der Waals surface area contributed by atoms with Crippen LogP contribution in [0.1, 0.15) is 10.4 Å². The van der Waals surface area contributed by atoms with Crippen LogP contribution in [0.15, 0.2) is 28.5 Å². The smallest absolute Gasteiger partial charge is 0.263 e. The molecule has 4 nitrogen and oxygen atoms in total. The van der Waals surface area contributed by atoms with Crippen molar-refractivity contribution in [3.63, 3.8) is 0 Å². The average molecular weight is 352 g/mol. The van der Waals surface area contributed by atoms with Gasteiger partial charge in [0.25, 0.3) is 10.0 Å². The van der Waals surface area contributed by atoms with Crippen LogP contribution in [0.5, 0.6) is 0 Å². The van der Waals surface area contributed by atoms with Gasteiger partial charge in [0, 0.05) is 5.02 Å². The molecule has 2 N–H and O–H groups in total. The molecule has 0 amide bonds. The van der Waals surface area contributed by atoms with E-state index in [-0.39, 0.29) is 22.2 Å². The van der Waals surface area contributed by atoms with Gasteiger partial charge in [0.1, 0.15) is 4.90 Å². The Balaban J connectivity index is 2.41. The van der Waals surface area contributed by atoms with Gasteiger partial charge in [-0.15, -0.1) is 11.3 Å². The molecule has 0 fully saturated rings. The lowest BCUT2D eigenvalue weighted by molar-refractivity contribution is 0.282. The molecule has 0 radical (unpaired) electrons. The second kappa shape index (κ2) is 5.91. The Morgan fingerprint density at radius 1 is 1.30 bits per heavy atom. The van der Waals surface area contributed by atoms with Gasteiger partial charge in [0.05, 0.1) is 22.2 Å². The van der Waals surface area contributed by atoms with Gasteiger partial charge in [0.2, 0.25) is 0 Å². The van der Waals surface area contributed by atoms with Crippen molar-refractivity contribution in [2.24, 2.45) is 0 Å². The summed E-state index contributed by atoms with van der Waals surface area (Å²) >= 11 is 13.1. The van der Waals surface area contributed by atoms with Crippen molar-refractivity contribution in [3.8, 4) is 0 Å². The molecule has 0 saturated carbocycles. The standard InChI is InChI=1S/C12H11Cl2NO3S2/c1-7-4-9(14)10(5-8(7)13)15-20(17,18)12-2-3-19-11(12)6-16/h2-5,15-16H,6H2,1H3. The predicted octanol–water partition coefficient (Wildman–Crippen LogP) is 3.66. The molecule has 0 spiro atoms. The Labute approximate surface area is 131 Å². The minimum Gasteiger partial charge on any atom is -0.391 e. The summed E-state index contributed by atoms with van der Waals surface area (Å²) in [5, 5.41) is 11.4. The van der Waals surface area contributed by atoms with Crippen molar-refractivity contribution in [2.75, 3.05) is 4.72 Å². The van der Waals surface area contributed by atoms with Gasteiger partial charge in [-0.25, -0.2) is 8.42 Å². The first-order chi connectivity index (χ1) is 9.35. The minimum absolute atomic E-state index is 0.0396. The minimum atomic E-state index is -3.81. The van der Waals surface area contributed by atoms with Crippen LogP contribution in [-0.4, -0.2) is 13.5 Å². The number of hydrogen-bond donors (Lipinski definition) is 2. The molecule has 1 heterocycles. The van der Waals surface area contributed by atoms with E-state index in [1.54, 1.807) is 18.4 Å². The average Bonchev–Trinajstić information content (AvgIpc) is 2.84. The molecule has 0 atom stereocenters. The Kier molecular flexibility index (Phi) is 4.61. The van der Waals surface area contributed by atoms with Crippen LogP contribution in [0.4, 0.5) is 5.69 Å². The third-order valence-corrected chi connectivity index (χ3v) is 5.84. The quantitative estimate of drug-likeness (QED) is 0.883. The van der Waals surface area contributed by atoms with Crippen molar-refractivity contribution in [3.05, 3.63) is 44.1 Å². The van der Waals surface area contributed by atoms with Crippen molar-refractivity contribution >= 4 is 50.2 Å². The van der Waals surface area contributed by atoms with E-state index in [9.17, 15) is 8.42 Å². The molecule has 1 aromatic carbocycles. The molecule has 0 saturated heterocycles. The summed E-state index contributed by atoms with van der Waals surface area (Å²) in [7, 11) is -3.81. The van der Waals surface area contributed by atoms with Crippen molar-refractivity contribution in [2.45, 2.75) is 18.4 Å². The van der Waals surface area contributed by atoms with Gasteiger partial charge < -0.3 is 5.11 Å². The lowest BCUT2D eigenvalue weighted by atomic mass is 10.2. The number of nitrogens with one attached hydrogen (secondary N) is 1. The number of sulfonamides is 1. The lowest BCUT2D eigenvalue weighted by Crippen LogP contribution is -2.14. The van der Waals surface area contributed by atoms with Gasteiger partial charge in [-0.05, 0) is 36.1 Å². The van der Waals surface area contributed by atoms with Gasteiger partial charge in [-0.3, -0.25) is 4.72 Å². The molecule has 20 heavy (non-hydrogen) atoms. The topological polar surface area (TPSA) is 66.4 Å². The van der Waals surface area contributed by atoms with Crippen LogP contribution in [-0.2, 0) is 16.6 Å². The Hall–Kier alpha value is -0.790. The molecule has 0 aliphatic rings. The molecular weight excluding hydrogens is 341 g/mol. The number of aryl methyl sites for hydroxylation is 1. The highest BCUT2D eigenvalue weighted by atomic mass is 35.5. The maximum Gasteiger partial charge on any atom is 0.263 e. The van der Waals surface area contributed by atoms with Crippen LogP contribution in [0.3, 0.4) is 0 Å². The third-order valence-electron chi connectivity index (χ3n) is 2.63. The van der Waals surface area contributed by atoms with E-state index in [1.807, 2.05) is 0 Å². The molecule has 108 valence electrons. The van der Waals surface area contributed by atoms with Gasteiger partial charge >= 0.3 is 0 Å². The molecule has 0 aliphatic heterocycles. The molecule has 1 aromatic heterocycles. The van der Waals surface area contributed by atoms with E-state index in [1.165, 1.54) is 23.5 Å². The van der Waals surface area contributed by atoms with E-state index in [0.29, 0.717) is 9.90 Å². The molecular formula is C12H11Cl2NO3S2. The van der Waals surface area contributed by atoms with Gasteiger partial charge in [0.15, 0.2) is 0 Å². The summed E-state index contributed by atoms with van der Waals surface area (Å²) in [4.78, 5) is 0.407. The summed E-state index contributed by atoms with van der Waals surface area (Å²) < 4.78 is 26.9. The highest BCUT2D eigenvalue weighted by Gasteiger charge is 2.21. The maximum atomic E-state index is 12.3. The SMILES string of the molecule is Cc1cc(Cl)c(NS(=O)(=O)c2ccsc2CO)cc1Cl. The Morgan fingerprint density at radius 3 is 2.65 bits per heavy atom. The second-order valence-electron chi connectivity index (χ2n) is 4.05. The van der Waals surface area contributed by atoms with E-state index in [4.69, 9.17) is 28.3 Å². The highest BCUT2D eigenvalue weighted by Crippen LogP contribution is 2.31. The largest absolute Gasteiger partial charge is 0.391 e. The fourth-order valence-corrected chi connectivity index (χ4v) is 4.46. The summed E-state index contributed by atoms with van der Waals surface area (Å²) in [6, 6.07) is 4.48. The zero-order valence-electron chi connectivity index (χ0n) is 10.4. The summed E-state index contributed by atoms with van der Waals surface area (Å²) in [5.74, 6) is 0. The second-order valence-corrected chi connectivity index (χ2v) is 7.52. The monoisotopic (exact) mass is 351 g/mol. The number of halogens is 2. The van der Waals surface area contributed by atoms with Gasteiger partial charge in [-0.2, -0.15) is 0 Å². The van der Waals surface area contributed by atoms with Crippen LogP contribution < -0.4 is 4.72 Å². The first kappa shape index (κ1) is 15.6. The number of aliphatic hydroxyl groups is 1.